The molecule has 0 fully saturated rings. The van der Waals surface area contributed by atoms with Gasteiger partial charge in [0.2, 0.25) is 0 Å². The van der Waals surface area contributed by atoms with Crippen molar-refractivity contribution in [2.75, 3.05) is 12.4 Å². The Kier molecular flexibility index (Phi) is 6.39. The van der Waals surface area contributed by atoms with Gasteiger partial charge < -0.3 is 19.9 Å². The summed E-state index contributed by atoms with van der Waals surface area (Å²) >= 11 is 12.2. The van der Waals surface area contributed by atoms with Gasteiger partial charge in [0.1, 0.15) is 0 Å². The second-order valence-electron chi connectivity index (χ2n) is 5.63. The third kappa shape index (κ3) is 4.94. The number of hydrogen-bond acceptors (Lipinski definition) is 4. The Morgan fingerprint density at radius 3 is 2.52 bits per heavy atom. The van der Waals surface area contributed by atoms with Gasteiger partial charge in [0.15, 0.2) is 11.5 Å². The number of benzene rings is 2. The normalized spacial score (nSPS) is 10.6. The molecular weight excluding hydrogens is 365 g/mol. The number of ether oxygens (including phenoxy) is 2. The van der Waals surface area contributed by atoms with Crippen LogP contribution in [0.25, 0.3) is 0 Å². The fraction of sp³-hybridized carbons (Fsp3) is 0.278. The molecule has 0 aliphatic rings. The topological polar surface area (TPSA) is 67.8 Å². The van der Waals surface area contributed by atoms with E-state index in [1.54, 1.807) is 25.3 Å². The van der Waals surface area contributed by atoms with Gasteiger partial charge in [-0.1, -0.05) is 23.2 Å². The standard InChI is InChI=1S/C18H19Cl2NO4/c1-10(2)25-17-15(20)6-11(7-16(17)24-3)9-21-12-4-5-14(19)13(8-12)18(22)23/h4-8,10,21H,9H2,1-3H3,(H,22,23). The number of carbonyl (C=O) groups is 1. The summed E-state index contributed by atoms with van der Waals surface area (Å²) in [5.41, 5.74) is 1.55. The van der Waals surface area contributed by atoms with E-state index in [1.165, 1.54) is 6.07 Å². The smallest absolute Gasteiger partial charge is 0.337 e. The van der Waals surface area contributed by atoms with E-state index < -0.39 is 5.97 Å². The average molecular weight is 384 g/mol. The summed E-state index contributed by atoms with van der Waals surface area (Å²) in [5.74, 6) is -0.0311. The van der Waals surface area contributed by atoms with Crippen molar-refractivity contribution in [3.63, 3.8) is 0 Å². The van der Waals surface area contributed by atoms with Crippen molar-refractivity contribution >= 4 is 34.9 Å². The zero-order chi connectivity index (χ0) is 18.6. The minimum atomic E-state index is -1.08. The lowest BCUT2D eigenvalue weighted by Gasteiger charge is -2.17. The molecule has 0 amide bonds. The van der Waals surface area contributed by atoms with E-state index in [1.807, 2.05) is 19.9 Å². The lowest BCUT2D eigenvalue weighted by molar-refractivity contribution is 0.0697. The van der Waals surface area contributed by atoms with Crippen LogP contribution in [-0.2, 0) is 6.54 Å². The highest BCUT2D eigenvalue weighted by atomic mass is 35.5. The fourth-order valence-corrected chi connectivity index (χ4v) is 2.70. The molecule has 0 saturated carbocycles. The van der Waals surface area contributed by atoms with Crippen LogP contribution in [0.3, 0.4) is 0 Å². The maximum Gasteiger partial charge on any atom is 0.337 e. The molecule has 0 unspecified atom stereocenters. The van der Waals surface area contributed by atoms with Gasteiger partial charge in [-0.3, -0.25) is 0 Å². The van der Waals surface area contributed by atoms with Crippen molar-refractivity contribution in [3.05, 3.63) is 51.5 Å². The summed E-state index contributed by atoms with van der Waals surface area (Å²) in [5, 5.41) is 12.9. The van der Waals surface area contributed by atoms with Gasteiger partial charge in [0, 0.05) is 12.2 Å². The third-order valence-electron chi connectivity index (χ3n) is 3.34. The molecule has 0 atom stereocenters. The molecular formula is C18H19Cl2NO4. The molecule has 0 aliphatic carbocycles. The van der Waals surface area contributed by atoms with Crippen LogP contribution in [0.5, 0.6) is 11.5 Å². The van der Waals surface area contributed by atoms with Gasteiger partial charge in [-0.25, -0.2) is 4.79 Å². The highest BCUT2D eigenvalue weighted by Gasteiger charge is 2.14. The number of carboxylic acid groups (broad SMARTS) is 1. The molecule has 0 spiro atoms. The predicted molar refractivity (Wildman–Crippen MR) is 99.5 cm³/mol. The molecule has 0 bridgehead atoms. The van der Waals surface area contributed by atoms with E-state index in [-0.39, 0.29) is 16.7 Å². The number of rotatable bonds is 7. The molecule has 0 aromatic heterocycles. The van der Waals surface area contributed by atoms with Crippen LogP contribution < -0.4 is 14.8 Å². The van der Waals surface area contributed by atoms with Crippen LogP contribution in [0, 0.1) is 0 Å². The largest absolute Gasteiger partial charge is 0.493 e. The Morgan fingerprint density at radius 1 is 1.20 bits per heavy atom. The maximum atomic E-state index is 11.1. The Morgan fingerprint density at radius 2 is 1.92 bits per heavy atom. The number of carboxylic acids is 1. The van der Waals surface area contributed by atoms with Crippen molar-refractivity contribution in [3.8, 4) is 11.5 Å². The van der Waals surface area contributed by atoms with Crippen LogP contribution in [0.4, 0.5) is 5.69 Å². The van der Waals surface area contributed by atoms with E-state index in [4.69, 9.17) is 37.8 Å². The number of hydrogen-bond donors (Lipinski definition) is 2. The Balaban J connectivity index is 2.20. The van der Waals surface area contributed by atoms with E-state index in [9.17, 15) is 4.79 Å². The van der Waals surface area contributed by atoms with Gasteiger partial charge in [-0.15, -0.1) is 0 Å². The molecule has 0 radical (unpaired) electrons. The van der Waals surface area contributed by atoms with Crippen molar-refractivity contribution in [1.29, 1.82) is 0 Å². The van der Waals surface area contributed by atoms with E-state index in [0.29, 0.717) is 28.8 Å². The van der Waals surface area contributed by atoms with Gasteiger partial charge in [0.05, 0.1) is 28.8 Å². The average Bonchev–Trinajstić information content (AvgIpc) is 2.55. The fourth-order valence-electron chi connectivity index (χ4n) is 2.23. The summed E-state index contributed by atoms with van der Waals surface area (Å²) in [6.07, 6.45) is -0.0288. The molecule has 2 aromatic carbocycles. The first-order chi connectivity index (χ1) is 11.8. The van der Waals surface area contributed by atoms with E-state index >= 15 is 0 Å². The number of methoxy groups -OCH3 is 1. The van der Waals surface area contributed by atoms with Crippen LogP contribution in [0.2, 0.25) is 10.0 Å². The lowest BCUT2D eigenvalue weighted by atomic mass is 10.1. The second-order valence-corrected chi connectivity index (χ2v) is 6.44. The minimum absolute atomic E-state index is 0.0288. The summed E-state index contributed by atoms with van der Waals surface area (Å²) in [4.78, 5) is 11.1. The van der Waals surface area contributed by atoms with Crippen LogP contribution in [0.15, 0.2) is 30.3 Å². The van der Waals surface area contributed by atoms with Gasteiger partial charge >= 0.3 is 5.97 Å². The van der Waals surface area contributed by atoms with Crippen molar-refractivity contribution in [1.82, 2.24) is 0 Å². The quantitative estimate of drug-likeness (QED) is 0.695. The highest BCUT2D eigenvalue weighted by molar-refractivity contribution is 6.33. The van der Waals surface area contributed by atoms with Crippen LogP contribution in [0.1, 0.15) is 29.8 Å². The molecule has 0 aliphatic heterocycles. The number of nitrogens with one attached hydrogen (secondary N) is 1. The predicted octanol–water partition coefficient (Wildman–Crippen LogP) is 5.10. The molecule has 0 saturated heterocycles. The summed E-state index contributed by atoms with van der Waals surface area (Å²) in [7, 11) is 1.55. The first-order valence-electron chi connectivity index (χ1n) is 7.61. The van der Waals surface area contributed by atoms with Crippen LogP contribution >= 0.6 is 23.2 Å². The monoisotopic (exact) mass is 383 g/mol. The zero-order valence-corrected chi connectivity index (χ0v) is 15.6. The molecule has 2 N–H and O–H groups in total. The molecule has 2 rings (SSSR count). The first-order valence-corrected chi connectivity index (χ1v) is 8.37. The summed E-state index contributed by atoms with van der Waals surface area (Å²) < 4.78 is 11.0. The van der Waals surface area contributed by atoms with Crippen molar-refractivity contribution < 1.29 is 19.4 Å². The Bertz CT molecular complexity index is 778. The van der Waals surface area contributed by atoms with Crippen LogP contribution in [-0.4, -0.2) is 24.3 Å². The molecule has 2 aromatic rings. The highest BCUT2D eigenvalue weighted by Crippen LogP contribution is 2.37. The first kappa shape index (κ1) is 19.2. The maximum absolute atomic E-state index is 11.1. The number of anilines is 1. The third-order valence-corrected chi connectivity index (χ3v) is 3.95. The SMILES string of the molecule is COc1cc(CNc2ccc(Cl)c(C(=O)O)c2)cc(Cl)c1OC(C)C. The molecule has 25 heavy (non-hydrogen) atoms. The zero-order valence-electron chi connectivity index (χ0n) is 14.1. The lowest BCUT2D eigenvalue weighted by Crippen LogP contribution is -2.08. The van der Waals surface area contributed by atoms with Crippen molar-refractivity contribution in [2.45, 2.75) is 26.5 Å². The van der Waals surface area contributed by atoms with E-state index in [2.05, 4.69) is 5.32 Å². The van der Waals surface area contributed by atoms with Gasteiger partial charge in [-0.2, -0.15) is 0 Å². The minimum Gasteiger partial charge on any atom is -0.493 e. The van der Waals surface area contributed by atoms with Gasteiger partial charge in [0.25, 0.3) is 0 Å². The molecule has 7 heteroatoms. The molecule has 0 heterocycles. The Hall–Kier alpha value is -2.11. The van der Waals surface area contributed by atoms with E-state index in [0.717, 1.165) is 5.56 Å². The summed E-state index contributed by atoms with van der Waals surface area (Å²) in [6, 6.07) is 8.34. The molecule has 5 nitrogen and oxygen atoms in total. The second kappa shape index (κ2) is 8.32. The molecule has 134 valence electrons. The Labute approximate surface area is 156 Å². The number of halogens is 2. The summed E-state index contributed by atoms with van der Waals surface area (Å²) in [6.45, 7) is 4.25. The number of aromatic carboxylic acids is 1. The van der Waals surface area contributed by atoms with Crippen molar-refractivity contribution in [2.24, 2.45) is 0 Å². The van der Waals surface area contributed by atoms with Gasteiger partial charge in [-0.05, 0) is 49.7 Å².